The van der Waals surface area contributed by atoms with Gasteiger partial charge in [0.15, 0.2) is 6.20 Å². The van der Waals surface area contributed by atoms with Gasteiger partial charge < -0.3 is 17.3 Å². The Morgan fingerprint density at radius 1 is 1.24 bits per heavy atom. The van der Waals surface area contributed by atoms with Crippen molar-refractivity contribution < 1.29 is 17.0 Å². The SMILES string of the molecule is C[n+]1ccccc1SCCN1CCCCC1.[Cl-]. The Bertz CT molecular complexity index is 327. The lowest BCUT2D eigenvalue weighted by Gasteiger charge is -2.25. The maximum atomic E-state index is 2.60. The molecule has 0 spiro atoms. The van der Waals surface area contributed by atoms with E-state index in [-0.39, 0.29) is 12.4 Å². The molecule has 2 nitrogen and oxygen atoms in total. The number of rotatable bonds is 4. The van der Waals surface area contributed by atoms with Gasteiger partial charge in [0.05, 0.1) is 0 Å². The van der Waals surface area contributed by atoms with Gasteiger partial charge in [-0.3, -0.25) is 0 Å². The first-order chi connectivity index (χ1) is 7.86. The van der Waals surface area contributed by atoms with Gasteiger partial charge in [0.1, 0.15) is 7.05 Å². The molecule has 1 fully saturated rings. The third-order valence-electron chi connectivity index (χ3n) is 3.11. The topological polar surface area (TPSA) is 7.12 Å². The zero-order chi connectivity index (χ0) is 11.2. The fraction of sp³-hybridized carbons (Fsp3) is 0.615. The van der Waals surface area contributed by atoms with Gasteiger partial charge in [-0.1, -0.05) is 18.2 Å². The molecule has 0 bridgehead atoms. The number of likely N-dealkylation sites (tertiary alicyclic amines) is 1. The van der Waals surface area contributed by atoms with Gasteiger partial charge >= 0.3 is 0 Å². The van der Waals surface area contributed by atoms with Crippen LogP contribution in [0.4, 0.5) is 0 Å². The summed E-state index contributed by atoms with van der Waals surface area (Å²) in [5, 5.41) is 1.36. The lowest BCUT2D eigenvalue weighted by atomic mass is 10.1. The normalized spacial score (nSPS) is 16.5. The van der Waals surface area contributed by atoms with E-state index >= 15 is 0 Å². The maximum Gasteiger partial charge on any atom is 0.239 e. The minimum atomic E-state index is 0. The number of hydrogen-bond donors (Lipinski definition) is 0. The molecule has 2 rings (SSSR count). The maximum absolute atomic E-state index is 2.60. The van der Waals surface area contributed by atoms with Crippen molar-refractivity contribution in [1.82, 2.24) is 4.90 Å². The van der Waals surface area contributed by atoms with E-state index in [1.54, 1.807) is 0 Å². The second-order valence-corrected chi connectivity index (χ2v) is 5.52. The van der Waals surface area contributed by atoms with E-state index in [4.69, 9.17) is 0 Å². The highest BCUT2D eigenvalue weighted by Crippen LogP contribution is 2.14. The largest absolute Gasteiger partial charge is 1.00 e. The Morgan fingerprint density at radius 3 is 2.71 bits per heavy atom. The van der Waals surface area contributed by atoms with Crippen molar-refractivity contribution in [2.75, 3.05) is 25.4 Å². The Morgan fingerprint density at radius 2 is 2.00 bits per heavy atom. The summed E-state index contributed by atoms with van der Waals surface area (Å²) in [6.45, 7) is 3.85. The van der Waals surface area contributed by atoms with E-state index in [1.807, 2.05) is 11.8 Å². The molecular weight excluding hydrogens is 252 g/mol. The fourth-order valence-corrected chi connectivity index (χ4v) is 3.12. The van der Waals surface area contributed by atoms with Crippen molar-refractivity contribution >= 4 is 11.8 Å². The average Bonchev–Trinajstić information content (AvgIpc) is 2.33. The van der Waals surface area contributed by atoms with Crippen LogP contribution in [0.2, 0.25) is 0 Å². The van der Waals surface area contributed by atoms with Crippen molar-refractivity contribution in [3.63, 3.8) is 0 Å². The van der Waals surface area contributed by atoms with Crippen LogP contribution in [0.15, 0.2) is 29.4 Å². The zero-order valence-electron chi connectivity index (χ0n) is 10.4. The highest BCUT2D eigenvalue weighted by molar-refractivity contribution is 7.99. The van der Waals surface area contributed by atoms with Crippen LogP contribution < -0.4 is 17.0 Å². The van der Waals surface area contributed by atoms with E-state index in [0.29, 0.717) is 0 Å². The van der Waals surface area contributed by atoms with Gasteiger partial charge in [-0.15, -0.1) is 0 Å². The van der Waals surface area contributed by atoms with Crippen molar-refractivity contribution in [3.8, 4) is 0 Å². The molecule has 0 saturated carbocycles. The van der Waals surface area contributed by atoms with Crippen LogP contribution in [-0.4, -0.2) is 30.3 Å². The second-order valence-electron chi connectivity index (χ2n) is 4.40. The van der Waals surface area contributed by atoms with Crippen LogP contribution in [0, 0.1) is 0 Å². The predicted molar refractivity (Wildman–Crippen MR) is 68.6 cm³/mol. The molecule has 0 atom stereocenters. The molecule has 0 aliphatic carbocycles. The molecule has 1 aromatic rings. The van der Waals surface area contributed by atoms with Gasteiger partial charge in [0.25, 0.3) is 0 Å². The van der Waals surface area contributed by atoms with Crippen LogP contribution in [0.3, 0.4) is 0 Å². The number of thioether (sulfide) groups is 1. The summed E-state index contributed by atoms with van der Waals surface area (Å²) in [4.78, 5) is 2.60. The molecule has 0 aromatic carbocycles. The first kappa shape index (κ1) is 14.8. The summed E-state index contributed by atoms with van der Waals surface area (Å²) in [7, 11) is 2.11. The van der Waals surface area contributed by atoms with Crippen molar-refractivity contribution in [2.45, 2.75) is 24.3 Å². The van der Waals surface area contributed by atoms with Crippen molar-refractivity contribution in [3.05, 3.63) is 24.4 Å². The average molecular weight is 273 g/mol. The Balaban J connectivity index is 0.00000144. The summed E-state index contributed by atoms with van der Waals surface area (Å²) >= 11 is 1.96. The van der Waals surface area contributed by atoms with Gasteiger partial charge in [0, 0.05) is 24.4 Å². The van der Waals surface area contributed by atoms with Crippen LogP contribution in [-0.2, 0) is 7.05 Å². The van der Waals surface area contributed by atoms with Crippen LogP contribution in [0.1, 0.15) is 19.3 Å². The third kappa shape index (κ3) is 4.86. The van der Waals surface area contributed by atoms with Gasteiger partial charge in [-0.25, -0.2) is 0 Å². The van der Waals surface area contributed by atoms with Crippen LogP contribution >= 0.6 is 11.8 Å². The molecule has 1 saturated heterocycles. The quantitative estimate of drug-likeness (QED) is 0.518. The predicted octanol–water partition coefficient (Wildman–Crippen LogP) is -0.907. The van der Waals surface area contributed by atoms with E-state index < -0.39 is 0 Å². The molecule has 4 heteroatoms. The van der Waals surface area contributed by atoms with E-state index in [9.17, 15) is 0 Å². The first-order valence-electron chi connectivity index (χ1n) is 6.16. The molecule has 2 heterocycles. The number of piperidine rings is 1. The summed E-state index contributed by atoms with van der Waals surface area (Å²) in [6, 6.07) is 6.39. The number of aryl methyl sites for hydroxylation is 1. The Hall–Kier alpha value is -0.250. The molecule has 0 unspecified atom stereocenters. The lowest BCUT2D eigenvalue weighted by Crippen LogP contribution is -3.00. The summed E-state index contributed by atoms with van der Waals surface area (Å²) in [5.41, 5.74) is 0. The van der Waals surface area contributed by atoms with Gasteiger partial charge in [-0.2, -0.15) is 4.57 Å². The van der Waals surface area contributed by atoms with Crippen molar-refractivity contribution in [1.29, 1.82) is 0 Å². The monoisotopic (exact) mass is 272 g/mol. The third-order valence-corrected chi connectivity index (χ3v) is 4.22. The number of hydrogen-bond acceptors (Lipinski definition) is 2. The Kier molecular flexibility index (Phi) is 6.93. The fourth-order valence-electron chi connectivity index (χ4n) is 2.12. The standard InChI is InChI=1S/C13H21N2S.ClH/c1-14-8-6-3-7-13(14)16-12-11-15-9-4-2-5-10-15;/h3,6-8H,2,4-5,9-12H2,1H3;1H/q+1;/p-1. The zero-order valence-corrected chi connectivity index (χ0v) is 12.0. The smallest absolute Gasteiger partial charge is 0.239 e. The van der Waals surface area contributed by atoms with E-state index in [1.165, 1.54) is 49.7 Å². The number of pyridine rings is 1. The van der Waals surface area contributed by atoms with Gasteiger partial charge in [-0.05, 0) is 32.0 Å². The van der Waals surface area contributed by atoms with E-state index in [0.717, 1.165) is 0 Å². The van der Waals surface area contributed by atoms with Crippen molar-refractivity contribution in [2.24, 2.45) is 7.05 Å². The molecule has 0 N–H and O–H groups in total. The lowest BCUT2D eigenvalue weighted by molar-refractivity contribution is -0.708. The van der Waals surface area contributed by atoms with Gasteiger partial charge in [0.2, 0.25) is 5.03 Å². The summed E-state index contributed by atoms with van der Waals surface area (Å²) in [5.74, 6) is 1.21. The minimum absolute atomic E-state index is 0. The number of aromatic nitrogens is 1. The molecule has 1 aliphatic heterocycles. The van der Waals surface area contributed by atoms with E-state index in [2.05, 4.69) is 40.9 Å². The molecule has 0 radical (unpaired) electrons. The first-order valence-corrected chi connectivity index (χ1v) is 7.14. The summed E-state index contributed by atoms with van der Waals surface area (Å²) < 4.78 is 2.20. The second kappa shape index (κ2) is 7.96. The molecule has 1 aromatic heterocycles. The Labute approximate surface area is 115 Å². The summed E-state index contributed by atoms with van der Waals surface area (Å²) in [6.07, 6.45) is 6.33. The molecule has 1 aliphatic rings. The molecule has 0 amide bonds. The number of halogens is 1. The van der Waals surface area contributed by atoms with Crippen LogP contribution in [0.25, 0.3) is 0 Å². The molecule has 96 valence electrons. The molecular formula is C13H21ClN2S. The van der Waals surface area contributed by atoms with Crippen LogP contribution in [0.5, 0.6) is 0 Å². The highest BCUT2D eigenvalue weighted by atomic mass is 35.5. The number of nitrogens with zero attached hydrogens (tertiary/aromatic N) is 2. The minimum Gasteiger partial charge on any atom is -1.00 e. The molecule has 17 heavy (non-hydrogen) atoms. The highest BCUT2D eigenvalue weighted by Gasteiger charge is 2.11.